The second-order valence-electron chi connectivity index (χ2n) is 6.14. The van der Waals surface area contributed by atoms with E-state index in [0.717, 1.165) is 0 Å². The van der Waals surface area contributed by atoms with E-state index in [-0.39, 0.29) is 23.9 Å². The van der Waals surface area contributed by atoms with Crippen LogP contribution in [0.2, 0.25) is 0 Å². The molecule has 2 aromatic carbocycles. The Bertz CT molecular complexity index is 1060. The maximum absolute atomic E-state index is 12.5. The molecular formula is C20H19N5O5. The van der Waals surface area contributed by atoms with Crippen LogP contribution in [0.5, 0.6) is 5.75 Å². The number of rotatable bonds is 8. The van der Waals surface area contributed by atoms with Crippen LogP contribution in [0, 0.1) is 10.1 Å². The Balaban J connectivity index is 1.64. The van der Waals surface area contributed by atoms with Crippen LogP contribution >= 0.6 is 0 Å². The first kappa shape index (κ1) is 20.5. The molecule has 0 spiro atoms. The average molecular weight is 409 g/mol. The van der Waals surface area contributed by atoms with Crippen molar-refractivity contribution >= 4 is 23.2 Å². The highest BCUT2D eigenvalue weighted by Gasteiger charge is 2.12. The van der Waals surface area contributed by atoms with Gasteiger partial charge in [-0.2, -0.15) is 5.10 Å². The smallest absolute Gasteiger partial charge is 0.276 e. The van der Waals surface area contributed by atoms with Gasteiger partial charge in [0.25, 0.3) is 17.5 Å². The molecule has 0 aliphatic rings. The average Bonchev–Trinajstić information content (AvgIpc) is 3.23. The van der Waals surface area contributed by atoms with E-state index in [1.54, 1.807) is 42.6 Å². The molecular weight excluding hydrogens is 390 g/mol. The first-order valence-corrected chi connectivity index (χ1v) is 9.07. The van der Waals surface area contributed by atoms with Crippen LogP contribution in [0.1, 0.15) is 17.4 Å². The molecule has 0 unspecified atom stereocenters. The third-order valence-electron chi connectivity index (χ3n) is 3.98. The lowest BCUT2D eigenvalue weighted by molar-refractivity contribution is -0.384. The summed E-state index contributed by atoms with van der Waals surface area (Å²) in [5, 5.41) is 20.3. The maximum atomic E-state index is 12.5. The van der Waals surface area contributed by atoms with Crippen molar-refractivity contribution in [1.82, 2.24) is 15.1 Å². The minimum atomic E-state index is -0.486. The molecule has 1 aromatic heterocycles. The third-order valence-corrected chi connectivity index (χ3v) is 3.98. The zero-order valence-corrected chi connectivity index (χ0v) is 16.1. The predicted molar refractivity (Wildman–Crippen MR) is 109 cm³/mol. The van der Waals surface area contributed by atoms with E-state index in [1.807, 2.05) is 6.92 Å². The Kier molecular flexibility index (Phi) is 6.38. The van der Waals surface area contributed by atoms with Crippen LogP contribution in [0.4, 0.5) is 11.4 Å². The summed E-state index contributed by atoms with van der Waals surface area (Å²) in [6, 6.07) is 14.0. The zero-order chi connectivity index (χ0) is 21.5. The number of nitrogens with one attached hydrogen (secondary N) is 2. The number of non-ortho nitro benzene ring substituents is 1. The summed E-state index contributed by atoms with van der Waals surface area (Å²) >= 11 is 0. The Morgan fingerprint density at radius 2 is 1.93 bits per heavy atom. The van der Waals surface area contributed by atoms with E-state index in [2.05, 4.69) is 15.7 Å². The first-order chi connectivity index (χ1) is 14.5. The van der Waals surface area contributed by atoms with Gasteiger partial charge in [0.1, 0.15) is 5.75 Å². The summed E-state index contributed by atoms with van der Waals surface area (Å²) in [6.07, 6.45) is 1.59. The number of aromatic nitrogens is 2. The molecule has 2 amide bonds. The van der Waals surface area contributed by atoms with E-state index in [0.29, 0.717) is 23.7 Å². The number of hydrogen-bond acceptors (Lipinski definition) is 6. The van der Waals surface area contributed by atoms with Gasteiger partial charge in [0.05, 0.1) is 10.6 Å². The summed E-state index contributed by atoms with van der Waals surface area (Å²) in [6.45, 7) is 2.21. The third kappa shape index (κ3) is 5.19. The number of amides is 2. The summed E-state index contributed by atoms with van der Waals surface area (Å²) < 4.78 is 6.85. The summed E-state index contributed by atoms with van der Waals surface area (Å²) in [4.78, 5) is 34.2. The van der Waals surface area contributed by atoms with E-state index >= 15 is 0 Å². The lowest BCUT2D eigenvalue weighted by Gasteiger charge is -2.08. The number of carbonyl (C=O) groups excluding carboxylic acids is 2. The van der Waals surface area contributed by atoms with Crippen LogP contribution < -0.4 is 15.4 Å². The highest BCUT2D eigenvalue weighted by atomic mass is 16.6. The number of anilines is 1. The number of hydrogen-bond donors (Lipinski definition) is 2. The summed E-state index contributed by atoms with van der Waals surface area (Å²) in [5.41, 5.74) is 1.21. The molecule has 3 rings (SSSR count). The normalized spacial score (nSPS) is 10.3. The number of likely N-dealkylation sites (N-methyl/N-ethyl adjacent to an activating group) is 1. The molecule has 0 aliphatic carbocycles. The number of benzene rings is 2. The lowest BCUT2D eigenvalue weighted by Crippen LogP contribution is -2.28. The predicted octanol–water partition coefficient (Wildman–Crippen LogP) is 2.55. The van der Waals surface area contributed by atoms with Crippen molar-refractivity contribution in [1.29, 1.82) is 0 Å². The SMILES string of the molecule is CCNC(=O)COc1cccc(NC(=O)c2ccn(-c3ccc([N+](=O)[O-])cc3)n2)c1. The molecule has 154 valence electrons. The largest absolute Gasteiger partial charge is 0.484 e. The van der Waals surface area contributed by atoms with Crippen molar-refractivity contribution in [2.45, 2.75) is 6.92 Å². The summed E-state index contributed by atoms with van der Waals surface area (Å²) in [5.74, 6) is -0.226. The highest BCUT2D eigenvalue weighted by Crippen LogP contribution is 2.19. The molecule has 0 fully saturated rings. The molecule has 0 aliphatic heterocycles. The Morgan fingerprint density at radius 3 is 2.63 bits per heavy atom. The molecule has 0 radical (unpaired) electrons. The van der Waals surface area contributed by atoms with E-state index in [1.165, 1.54) is 22.9 Å². The van der Waals surface area contributed by atoms with Gasteiger partial charge >= 0.3 is 0 Å². The van der Waals surface area contributed by atoms with Crippen molar-refractivity contribution in [3.63, 3.8) is 0 Å². The van der Waals surface area contributed by atoms with E-state index in [4.69, 9.17) is 4.74 Å². The number of nitro groups is 1. The number of ether oxygens (including phenoxy) is 1. The van der Waals surface area contributed by atoms with Gasteiger partial charge in [0.2, 0.25) is 0 Å². The molecule has 1 heterocycles. The van der Waals surface area contributed by atoms with Gasteiger partial charge in [0.15, 0.2) is 12.3 Å². The fraction of sp³-hybridized carbons (Fsp3) is 0.150. The van der Waals surface area contributed by atoms with Crippen LogP contribution in [-0.4, -0.2) is 39.7 Å². The van der Waals surface area contributed by atoms with Crippen molar-refractivity contribution in [2.75, 3.05) is 18.5 Å². The fourth-order valence-electron chi connectivity index (χ4n) is 2.57. The molecule has 0 saturated carbocycles. The van der Waals surface area contributed by atoms with Gasteiger partial charge in [0, 0.05) is 36.6 Å². The quantitative estimate of drug-likeness (QED) is 0.435. The molecule has 3 aromatic rings. The molecule has 0 saturated heterocycles. The minimum absolute atomic E-state index is 0.0295. The highest BCUT2D eigenvalue weighted by molar-refractivity contribution is 6.02. The van der Waals surface area contributed by atoms with Crippen LogP contribution in [-0.2, 0) is 4.79 Å². The molecule has 2 N–H and O–H groups in total. The van der Waals surface area contributed by atoms with Crippen molar-refractivity contribution in [2.24, 2.45) is 0 Å². The van der Waals surface area contributed by atoms with Gasteiger partial charge in [-0.15, -0.1) is 0 Å². The maximum Gasteiger partial charge on any atom is 0.276 e. The second-order valence-corrected chi connectivity index (χ2v) is 6.14. The minimum Gasteiger partial charge on any atom is -0.484 e. The van der Waals surface area contributed by atoms with Crippen LogP contribution in [0.15, 0.2) is 60.8 Å². The van der Waals surface area contributed by atoms with Crippen LogP contribution in [0.25, 0.3) is 5.69 Å². The van der Waals surface area contributed by atoms with E-state index < -0.39 is 10.8 Å². The van der Waals surface area contributed by atoms with E-state index in [9.17, 15) is 19.7 Å². The van der Waals surface area contributed by atoms with Gasteiger partial charge in [-0.25, -0.2) is 4.68 Å². The van der Waals surface area contributed by atoms with Gasteiger partial charge in [-0.05, 0) is 37.3 Å². The molecule has 10 nitrogen and oxygen atoms in total. The molecule has 0 bridgehead atoms. The van der Waals surface area contributed by atoms with Crippen molar-refractivity contribution in [3.8, 4) is 11.4 Å². The summed E-state index contributed by atoms with van der Waals surface area (Å²) in [7, 11) is 0. The first-order valence-electron chi connectivity index (χ1n) is 9.07. The molecule has 30 heavy (non-hydrogen) atoms. The van der Waals surface area contributed by atoms with Crippen LogP contribution in [0.3, 0.4) is 0 Å². The topological polar surface area (TPSA) is 128 Å². The van der Waals surface area contributed by atoms with Gasteiger partial charge in [-0.3, -0.25) is 19.7 Å². The van der Waals surface area contributed by atoms with Crippen molar-refractivity contribution < 1.29 is 19.2 Å². The molecule has 10 heteroatoms. The zero-order valence-electron chi connectivity index (χ0n) is 16.1. The lowest BCUT2D eigenvalue weighted by atomic mass is 10.3. The van der Waals surface area contributed by atoms with Gasteiger partial charge in [-0.1, -0.05) is 6.07 Å². The van der Waals surface area contributed by atoms with Gasteiger partial charge < -0.3 is 15.4 Å². The fourth-order valence-corrected chi connectivity index (χ4v) is 2.57. The Morgan fingerprint density at radius 1 is 1.17 bits per heavy atom. The monoisotopic (exact) mass is 409 g/mol. The second kappa shape index (κ2) is 9.32. The Hall–Kier alpha value is -4.21. The standard InChI is InChI=1S/C20H19N5O5/c1-2-21-19(26)13-30-17-5-3-4-14(12-17)22-20(27)18-10-11-24(23-18)15-6-8-16(9-7-15)25(28)29/h3-12H,2,13H2,1H3,(H,21,26)(H,22,27). The number of nitro benzene ring substituents is 1. The Labute approximate surface area is 171 Å². The molecule has 0 atom stereocenters. The number of carbonyl (C=O) groups is 2. The number of nitrogens with zero attached hydrogens (tertiary/aromatic N) is 3. The van der Waals surface area contributed by atoms with Crippen molar-refractivity contribution in [3.05, 3.63) is 76.6 Å².